The summed E-state index contributed by atoms with van der Waals surface area (Å²) < 4.78 is 0. The summed E-state index contributed by atoms with van der Waals surface area (Å²) in [7, 11) is 0. The molecule has 2 heterocycles. The molecule has 0 saturated heterocycles. The number of anilines is 1. The molecule has 0 saturated carbocycles. The smallest absolute Gasteiger partial charge is 0.322 e. The number of aromatic nitrogens is 1. The van der Waals surface area contributed by atoms with Gasteiger partial charge in [0.2, 0.25) is 5.91 Å². The molecule has 6 heteroatoms. The van der Waals surface area contributed by atoms with Crippen molar-refractivity contribution >= 4 is 34.1 Å². The molecule has 0 radical (unpaired) electrons. The average Bonchev–Trinajstić information content (AvgIpc) is 3.12. The van der Waals surface area contributed by atoms with Crippen LogP contribution in [0.1, 0.15) is 11.1 Å². The second-order valence-electron chi connectivity index (χ2n) is 7.34. The normalized spacial score (nSPS) is 20.4. The number of nitrogens with zero attached hydrogens (tertiary/aromatic N) is 1. The number of urea groups is 1. The molecular formula is C22H20N4O2. The van der Waals surface area contributed by atoms with Crippen molar-refractivity contribution in [3.05, 3.63) is 71.9 Å². The highest BCUT2D eigenvalue weighted by molar-refractivity contribution is 6.01. The van der Waals surface area contributed by atoms with Crippen LogP contribution in [0.4, 0.5) is 10.5 Å². The first-order valence-electron chi connectivity index (χ1n) is 9.35. The second kappa shape index (κ2) is 6.27. The van der Waals surface area contributed by atoms with Gasteiger partial charge in [-0.15, -0.1) is 0 Å². The Kier molecular flexibility index (Phi) is 3.72. The third-order valence-corrected chi connectivity index (χ3v) is 5.67. The van der Waals surface area contributed by atoms with Crippen molar-refractivity contribution in [3.63, 3.8) is 0 Å². The maximum absolute atomic E-state index is 13.1. The lowest BCUT2D eigenvalue weighted by Crippen LogP contribution is -2.51. The number of amides is 3. The van der Waals surface area contributed by atoms with E-state index in [1.807, 2.05) is 60.8 Å². The maximum atomic E-state index is 13.1. The first kappa shape index (κ1) is 16.6. The summed E-state index contributed by atoms with van der Waals surface area (Å²) in [5.74, 6) is -0.931. The van der Waals surface area contributed by atoms with E-state index in [1.54, 1.807) is 4.90 Å². The highest BCUT2D eigenvalue weighted by atomic mass is 16.2. The minimum atomic E-state index is -0.511. The van der Waals surface area contributed by atoms with Gasteiger partial charge in [-0.1, -0.05) is 36.4 Å². The molecule has 6 nitrogen and oxygen atoms in total. The SMILES string of the molecule is NC(=O)[C@@H]1C=C2c3cccc4[nH]cc(c34)C[C@H]2N(C(=O)Nc2ccccc2)C1. The lowest BCUT2D eigenvalue weighted by Gasteiger charge is -2.41. The molecule has 3 aromatic rings. The summed E-state index contributed by atoms with van der Waals surface area (Å²) in [5.41, 5.74) is 10.7. The van der Waals surface area contributed by atoms with Gasteiger partial charge in [0.05, 0.1) is 12.0 Å². The van der Waals surface area contributed by atoms with Crippen LogP contribution >= 0.6 is 0 Å². The molecule has 1 aromatic heterocycles. The molecule has 28 heavy (non-hydrogen) atoms. The molecule has 1 aliphatic carbocycles. The standard InChI is InChI=1S/C22H20N4O2/c23-21(27)14-9-17-16-7-4-8-18-20(16)13(11-24-18)10-19(17)26(12-14)22(28)25-15-5-2-1-3-6-15/h1-9,11,14,19,24H,10,12H2,(H2,23,27)(H,25,28)/t14-,19-/m1/s1. The molecule has 0 bridgehead atoms. The molecule has 140 valence electrons. The van der Waals surface area contributed by atoms with Crippen LogP contribution in [-0.2, 0) is 11.2 Å². The Hall–Kier alpha value is -3.54. The van der Waals surface area contributed by atoms with Gasteiger partial charge in [-0.05, 0) is 41.3 Å². The lowest BCUT2D eigenvalue weighted by atomic mass is 9.79. The fourth-order valence-corrected chi connectivity index (χ4v) is 4.36. The Morgan fingerprint density at radius 2 is 1.93 bits per heavy atom. The van der Waals surface area contributed by atoms with Gasteiger partial charge in [0.1, 0.15) is 0 Å². The number of carbonyl (C=O) groups excluding carboxylic acids is 2. The van der Waals surface area contributed by atoms with E-state index in [0.29, 0.717) is 6.42 Å². The number of carbonyl (C=O) groups is 2. The molecule has 1 aliphatic heterocycles. The number of H-pyrrole nitrogens is 1. The van der Waals surface area contributed by atoms with Crippen molar-refractivity contribution in [1.29, 1.82) is 0 Å². The van der Waals surface area contributed by atoms with Crippen molar-refractivity contribution in [1.82, 2.24) is 9.88 Å². The van der Waals surface area contributed by atoms with Crippen LogP contribution in [0.2, 0.25) is 0 Å². The third kappa shape index (κ3) is 2.57. The van der Waals surface area contributed by atoms with Gasteiger partial charge < -0.3 is 20.9 Å². The number of primary amides is 1. The first-order chi connectivity index (χ1) is 13.6. The predicted octanol–water partition coefficient (Wildman–Crippen LogP) is 3.13. The zero-order valence-electron chi connectivity index (χ0n) is 15.2. The Bertz CT molecular complexity index is 1120. The van der Waals surface area contributed by atoms with Crippen LogP contribution in [0.15, 0.2) is 60.8 Å². The summed E-state index contributed by atoms with van der Waals surface area (Å²) >= 11 is 0. The van der Waals surface area contributed by atoms with E-state index in [1.165, 1.54) is 10.9 Å². The number of nitrogens with one attached hydrogen (secondary N) is 2. The van der Waals surface area contributed by atoms with Crippen LogP contribution in [0.25, 0.3) is 16.5 Å². The van der Waals surface area contributed by atoms with Crippen LogP contribution in [0.3, 0.4) is 0 Å². The molecule has 2 atom stereocenters. The molecule has 5 rings (SSSR count). The number of fused-ring (bicyclic) bond motifs is 2. The second-order valence-corrected chi connectivity index (χ2v) is 7.34. The zero-order chi connectivity index (χ0) is 19.3. The maximum Gasteiger partial charge on any atom is 0.322 e. The number of hydrogen-bond acceptors (Lipinski definition) is 2. The number of hydrogen-bond donors (Lipinski definition) is 3. The quantitative estimate of drug-likeness (QED) is 0.645. The molecule has 0 spiro atoms. The van der Waals surface area contributed by atoms with Crippen molar-refractivity contribution in [2.24, 2.45) is 11.7 Å². The van der Waals surface area contributed by atoms with Gasteiger partial charge >= 0.3 is 6.03 Å². The minimum Gasteiger partial charge on any atom is -0.369 e. The lowest BCUT2D eigenvalue weighted by molar-refractivity contribution is -0.120. The molecule has 2 aromatic carbocycles. The largest absolute Gasteiger partial charge is 0.369 e. The highest BCUT2D eigenvalue weighted by Gasteiger charge is 2.39. The minimum absolute atomic E-state index is 0.131. The highest BCUT2D eigenvalue weighted by Crippen LogP contribution is 2.41. The summed E-state index contributed by atoms with van der Waals surface area (Å²) in [6, 6.07) is 15.1. The summed E-state index contributed by atoms with van der Waals surface area (Å²) in [4.78, 5) is 30.2. The van der Waals surface area contributed by atoms with E-state index >= 15 is 0 Å². The number of aromatic amines is 1. The predicted molar refractivity (Wildman–Crippen MR) is 109 cm³/mol. The van der Waals surface area contributed by atoms with Gasteiger partial charge in [0.25, 0.3) is 0 Å². The van der Waals surface area contributed by atoms with Gasteiger partial charge in [0, 0.05) is 29.3 Å². The van der Waals surface area contributed by atoms with E-state index in [4.69, 9.17) is 5.73 Å². The van der Waals surface area contributed by atoms with Gasteiger partial charge in [0.15, 0.2) is 0 Å². The molecule has 0 unspecified atom stereocenters. The molecular weight excluding hydrogens is 352 g/mol. The molecule has 0 fully saturated rings. The summed E-state index contributed by atoms with van der Waals surface area (Å²) in [6.07, 6.45) is 4.67. The van der Waals surface area contributed by atoms with Crippen molar-refractivity contribution in [2.45, 2.75) is 12.5 Å². The van der Waals surface area contributed by atoms with Crippen molar-refractivity contribution in [3.8, 4) is 0 Å². The van der Waals surface area contributed by atoms with Crippen LogP contribution in [-0.4, -0.2) is 34.4 Å². The fraction of sp³-hybridized carbons (Fsp3) is 0.182. The fourth-order valence-electron chi connectivity index (χ4n) is 4.36. The summed E-state index contributed by atoms with van der Waals surface area (Å²) in [5, 5.41) is 4.11. The summed E-state index contributed by atoms with van der Waals surface area (Å²) in [6.45, 7) is 0.276. The molecule has 4 N–H and O–H groups in total. The van der Waals surface area contributed by atoms with Crippen LogP contribution in [0, 0.1) is 5.92 Å². The van der Waals surface area contributed by atoms with Gasteiger partial charge in [-0.2, -0.15) is 0 Å². The number of nitrogens with two attached hydrogens (primary N) is 1. The molecule has 3 amide bonds. The monoisotopic (exact) mass is 372 g/mol. The van der Waals surface area contributed by atoms with Crippen LogP contribution < -0.4 is 11.1 Å². The van der Waals surface area contributed by atoms with E-state index < -0.39 is 11.8 Å². The van der Waals surface area contributed by atoms with E-state index in [-0.39, 0.29) is 18.6 Å². The Balaban J connectivity index is 1.57. The van der Waals surface area contributed by atoms with Gasteiger partial charge in [-0.3, -0.25) is 4.79 Å². The Morgan fingerprint density at radius 1 is 1.11 bits per heavy atom. The number of rotatable bonds is 2. The van der Waals surface area contributed by atoms with Crippen LogP contribution in [0.5, 0.6) is 0 Å². The first-order valence-corrected chi connectivity index (χ1v) is 9.35. The Labute approximate surface area is 162 Å². The Morgan fingerprint density at radius 3 is 2.71 bits per heavy atom. The van der Waals surface area contributed by atoms with E-state index in [0.717, 1.165) is 22.3 Å². The number of para-hydroxylation sites is 1. The van der Waals surface area contributed by atoms with E-state index in [9.17, 15) is 9.59 Å². The van der Waals surface area contributed by atoms with Gasteiger partial charge in [-0.25, -0.2) is 4.79 Å². The zero-order valence-corrected chi connectivity index (χ0v) is 15.2. The average molecular weight is 372 g/mol. The van der Waals surface area contributed by atoms with Crippen molar-refractivity contribution in [2.75, 3.05) is 11.9 Å². The van der Waals surface area contributed by atoms with E-state index in [2.05, 4.69) is 10.3 Å². The van der Waals surface area contributed by atoms with Crippen molar-refractivity contribution < 1.29 is 9.59 Å². The molecule has 2 aliphatic rings. The number of benzene rings is 2. The topological polar surface area (TPSA) is 91.2 Å². The third-order valence-electron chi connectivity index (χ3n) is 5.67.